The van der Waals surface area contributed by atoms with Gasteiger partial charge in [-0.3, -0.25) is 20.4 Å². The SMILES string of the molecule is C[C@H]1O[C@@H](N2C=NC3(I)C(=O)NC(=N)N=C23)C(O)C1O. The van der Waals surface area contributed by atoms with E-state index in [1.165, 1.54) is 11.2 Å². The summed E-state index contributed by atoms with van der Waals surface area (Å²) in [6.07, 6.45) is -2.29. The smallest absolute Gasteiger partial charge is 0.272 e. The van der Waals surface area contributed by atoms with Crippen LogP contribution >= 0.6 is 22.6 Å². The summed E-state index contributed by atoms with van der Waals surface area (Å²) in [6.45, 7) is 1.63. The van der Waals surface area contributed by atoms with E-state index in [2.05, 4.69) is 15.3 Å². The number of halogens is 1. The van der Waals surface area contributed by atoms with Crippen LogP contribution in [0.15, 0.2) is 9.98 Å². The Labute approximate surface area is 127 Å². The van der Waals surface area contributed by atoms with Gasteiger partial charge < -0.3 is 14.9 Å². The van der Waals surface area contributed by atoms with Gasteiger partial charge in [-0.15, -0.1) is 0 Å². The molecular weight excluding hydrogens is 381 g/mol. The van der Waals surface area contributed by atoms with Crippen LogP contribution in [0.3, 0.4) is 0 Å². The first-order valence-electron chi connectivity index (χ1n) is 5.88. The normalized spacial score (nSPS) is 43.6. The van der Waals surface area contributed by atoms with Crippen LogP contribution in [-0.2, 0) is 9.53 Å². The number of nitrogens with one attached hydrogen (secondary N) is 2. The Kier molecular flexibility index (Phi) is 3.08. The molecule has 0 aliphatic carbocycles. The highest BCUT2D eigenvalue weighted by Crippen LogP contribution is 2.35. The molecule has 1 fully saturated rings. The van der Waals surface area contributed by atoms with Gasteiger partial charge in [0.15, 0.2) is 12.1 Å². The van der Waals surface area contributed by atoms with Gasteiger partial charge in [-0.2, -0.15) is 4.99 Å². The second-order valence-electron chi connectivity index (χ2n) is 4.73. The third-order valence-corrected chi connectivity index (χ3v) is 4.65. The first-order valence-corrected chi connectivity index (χ1v) is 6.96. The fraction of sp³-hybridized carbons (Fsp3) is 0.600. The molecule has 20 heavy (non-hydrogen) atoms. The predicted octanol–water partition coefficient (Wildman–Crippen LogP) is -1.61. The number of hydrogen-bond donors (Lipinski definition) is 4. The fourth-order valence-electron chi connectivity index (χ4n) is 2.29. The van der Waals surface area contributed by atoms with Gasteiger partial charge in [-0.05, 0) is 29.5 Å². The molecule has 3 rings (SSSR count). The molecule has 10 heteroatoms. The molecule has 0 radical (unpaired) electrons. The molecule has 108 valence electrons. The van der Waals surface area contributed by atoms with Crippen LogP contribution in [0, 0.1) is 5.41 Å². The van der Waals surface area contributed by atoms with E-state index in [0.717, 1.165) is 0 Å². The van der Waals surface area contributed by atoms with Gasteiger partial charge in [-0.1, -0.05) is 0 Å². The molecule has 3 unspecified atom stereocenters. The van der Waals surface area contributed by atoms with Crippen molar-refractivity contribution in [3.63, 3.8) is 0 Å². The molecule has 5 atom stereocenters. The number of amidine groups is 1. The number of alkyl halides is 1. The molecule has 1 saturated heterocycles. The van der Waals surface area contributed by atoms with Crippen molar-refractivity contribution in [2.24, 2.45) is 9.98 Å². The predicted molar refractivity (Wildman–Crippen MR) is 76.7 cm³/mol. The average Bonchev–Trinajstić information content (AvgIpc) is 2.84. The maximum absolute atomic E-state index is 11.9. The quantitative estimate of drug-likeness (QED) is 0.242. The molecule has 0 spiro atoms. The summed E-state index contributed by atoms with van der Waals surface area (Å²) in [4.78, 5) is 21.4. The lowest BCUT2D eigenvalue weighted by Gasteiger charge is -2.31. The van der Waals surface area contributed by atoms with Gasteiger partial charge in [0.1, 0.15) is 12.2 Å². The largest absolute Gasteiger partial charge is 0.388 e. The molecule has 0 aromatic heterocycles. The fourth-order valence-corrected chi connectivity index (χ4v) is 2.94. The number of rotatable bonds is 1. The summed E-state index contributed by atoms with van der Waals surface area (Å²) in [5.41, 5.74) is 0. The molecule has 0 aromatic rings. The Balaban J connectivity index is 1.96. The van der Waals surface area contributed by atoms with E-state index in [9.17, 15) is 15.0 Å². The third kappa shape index (κ3) is 1.78. The van der Waals surface area contributed by atoms with E-state index in [1.807, 2.05) is 22.6 Å². The average molecular weight is 393 g/mol. The van der Waals surface area contributed by atoms with E-state index in [1.54, 1.807) is 6.92 Å². The molecule has 3 aliphatic heterocycles. The number of nitrogens with zero attached hydrogens (tertiary/aromatic N) is 3. The number of aliphatic hydroxyl groups is 2. The molecule has 9 nitrogen and oxygen atoms in total. The first kappa shape index (κ1) is 13.9. The Bertz CT molecular complexity index is 552. The highest BCUT2D eigenvalue weighted by molar-refractivity contribution is 14.1. The van der Waals surface area contributed by atoms with Crippen LogP contribution in [0.25, 0.3) is 0 Å². The first-order chi connectivity index (χ1) is 9.34. The number of hydrogen-bond acceptors (Lipinski definition) is 7. The second-order valence-corrected chi connectivity index (χ2v) is 6.29. The highest BCUT2D eigenvalue weighted by Gasteiger charge is 2.55. The monoisotopic (exact) mass is 393 g/mol. The lowest BCUT2D eigenvalue weighted by atomic mass is 10.1. The Morgan fingerprint density at radius 2 is 2.25 bits per heavy atom. The van der Waals surface area contributed by atoms with Crippen molar-refractivity contribution < 1.29 is 19.7 Å². The van der Waals surface area contributed by atoms with Crippen molar-refractivity contribution in [3.8, 4) is 0 Å². The molecule has 4 N–H and O–H groups in total. The maximum atomic E-state index is 11.9. The molecule has 0 saturated carbocycles. The molecule has 1 amide bonds. The van der Waals surface area contributed by atoms with E-state index < -0.39 is 34.0 Å². The van der Waals surface area contributed by atoms with Crippen LogP contribution in [0.1, 0.15) is 6.92 Å². The van der Waals surface area contributed by atoms with Crippen molar-refractivity contribution in [2.75, 3.05) is 0 Å². The number of carbonyl (C=O) groups excluding carboxylic acids is 1. The summed E-state index contributed by atoms with van der Waals surface area (Å²) in [5.74, 6) is -0.584. The molecule has 0 bridgehead atoms. The number of aliphatic imine (C=N–C) groups is 2. The second kappa shape index (κ2) is 4.44. The molecule has 3 aliphatic rings. The number of carbonyl (C=O) groups is 1. The Hall–Kier alpha value is -1.11. The lowest BCUT2D eigenvalue weighted by Crippen LogP contribution is -2.57. The maximum Gasteiger partial charge on any atom is 0.272 e. The lowest BCUT2D eigenvalue weighted by molar-refractivity contribution is -0.120. The highest BCUT2D eigenvalue weighted by atomic mass is 127. The van der Waals surface area contributed by atoms with Crippen molar-refractivity contribution in [1.29, 1.82) is 5.41 Å². The summed E-state index contributed by atoms with van der Waals surface area (Å²) in [5, 5.41) is 29.5. The topological polar surface area (TPSA) is 131 Å². The number of aliphatic hydroxyl groups excluding tert-OH is 2. The van der Waals surface area contributed by atoms with Crippen LogP contribution < -0.4 is 5.32 Å². The molecular formula is C10H12IN5O4. The van der Waals surface area contributed by atoms with E-state index in [0.29, 0.717) is 0 Å². The number of guanidine groups is 1. The zero-order valence-electron chi connectivity index (χ0n) is 10.3. The van der Waals surface area contributed by atoms with Gasteiger partial charge in [0.25, 0.3) is 5.91 Å². The van der Waals surface area contributed by atoms with Crippen molar-refractivity contribution in [1.82, 2.24) is 10.2 Å². The summed E-state index contributed by atoms with van der Waals surface area (Å²) < 4.78 is 4.21. The third-order valence-electron chi connectivity index (χ3n) is 3.40. The zero-order chi connectivity index (χ0) is 14.7. The van der Waals surface area contributed by atoms with E-state index in [4.69, 9.17) is 10.1 Å². The minimum absolute atomic E-state index is 0.192. The van der Waals surface area contributed by atoms with Gasteiger partial charge in [-0.25, -0.2) is 4.99 Å². The van der Waals surface area contributed by atoms with Gasteiger partial charge in [0, 0.05) is 0 Å². The zero-order valence-corrected chi connectivity index (χ0v) is 12.5. The van der Waals surface area contributed by atoms with E-state index in [-0.39, 0.29) is 11.8 Å². The van der Waals surface area contributed by atoms with Gasteiger partial charge in [0.2, 0.25) is 9.51 Å². The van der Waals surface area contributed by atoms with Crippen molar-refractivity contribution in [2.45, 2.75) is 35.0 Å². The van der Waals surface area contributed by atoms with Crippen LogP contribution in [-0.4, -0.2) is 67.2 Å². The van der Waals surface area contributed by atoms with Crippen LogP contribution in [0.5, 0.6) is 0 Å². The van der Waals surface area contributed by atoms with Crippen LogP contribution in [0.2, 0.25) is 0 Å². The Morgan fingerprint density at radius 1 is 1.55 bits per heavy atom. The summed E-state index contributed by atoms with van der Waals surface area (Å²) in [6, 6.07) is 0. The standard InChI is InChI=1S/C10H12IN5O4/c1-3-4(17)5(18)6(20-3)16-2-13-10(11)7(16)14-9(12)15-8(10)19/h2-6,17-18H,1H3,(H2,12,15,19)/t3-,4?,5?,6-,10?/m1/s1. The van der Waals surface area contributed by atoms with E-state index >= 15 is 0 Å². The molecule has 3 heterocycles. The number of fused-ring (bicyclic) bond motifs is 1. The van der Waals surface area contributed by atoms with Crippen LogP contribution in [0.4, 0.5) is 0 Å². The van der Waals surface area contributed by atoms with Gasteiger partial charge >= 0.3 is 0 Å². The molecule has 0 aromatic carbocycles. The van der Waals surface area contributed by atoms with Gasteiger partial charge in [0.05, 0.1) is 12.4 Å². The van der Waals surface area contributed by atoms with Crippen molar-refractivity contribution >= 4 is 46.6 Å². The minimum Gasteiger partial charge on any atom is -0.388 e. The van der Waals surface area contributed by atoms with Crippen molar-refractivity contribution in [3.05, 3.63) is 0 Å². The number of amides is 1. The summed E-state index contributed by atoms with van der Waals surface area (Å²) >= 11 is 1.82. The number of ether oxygens (including phenoxy) is 1. The Morgan fingerprint density at radius 3 is 2.85 bits per heavy atom. The summed E-state index contributed by atoms with van der Waals surface area (Å²) in [7, 11) is 0. The minimum atomic E-state index is -1.28.